The average Bonchev–Trinajstić information content (AvgIpc) is 2.59. The van der Waals surface area contributed by atoms with Crippen LogP contribution in [-0.4, -0.2) is 37.4 Å². The lowest BCUT2D eigenvalue weighted by Gasteiger charge is -2.12. The number of halogens is 3. The molecule has 0 unspecified atom stereocenters. The van der Waals surface area contributed by atoms with Crippen LogP contribution in [0.3, 0.4) is 0 Å². The van der Waals surface area contributed by atoms with Crippen LogP contribution < -0.4 is 10.1 Å². The van der Waals surface area contributed by atoms with Crippen molar-refractivity contribution in [2.75, 3.05) is 26.0 Å². The Hall–Kier alpha value is -1.76. The Bertz CT molecular complexity index is 803. The number of amides is 2. The molecular formula is C19H19BrCl2N2O3. The van der Waals surface area contributed by atoms with Crippen LogP contribution in [0.5, 0.6) is 5.75 Å². The minimum atomic E-state index is -0.316. The molecule has 2 aromatic carbocycles. The zero-order valence-corrected chi connectivity index (χ0v) is 18.0. The fourth-order valence-electron chi connectivity index (χ4n) is 2.23. The molecule has 0 bridgehead atoms. The molecule has 0 atom stereocenters. The van der Waals surface area contributed by atoms with E-state index in [1.165, 1.54) is 0 Å². The molecule has 2 amide bonds. The summed E-state index contributed by atoms with van der Waals surface area (Å²) >= 11 is 15.3. The molecule has 0 aliphatic carbocycles. The van der Waals surface area contributed by atoms with Gasteiger partial charge in [-0.15, -0.1) is 0 Å². The minimum Gasteiger partial charge on any atom is -0.481 e. The van der Waals surface area contributed by atoms with Crippen molar-refractivity contribution in [2.24, 2.45) is 0 Å². The standard InChI is InChI=1S/C19H19BrCl2N2O3/c1-24(2)18(26)8-5-12-3-6-14(7-4-12)23-17(25)11-27-19-15(20)9-13(21)10-16(19)22/h3-4,6-7,9-10H,5,8,11H2,1-2H3,(H,23,25). The van der Waals surface area contributed by atoms with Crippen LogP contribution in [0.1, 0.15) is 12.0 Å². The molecule has 8 heteroatoms. The Morgan fingerprint density at radius 3 is 2.41 bits per heavy atom. The van der Waals surface area contributed by atoms with E-state index in [0.29, 0.717) is 38.8 Å². The molecule has 2 rings (SSSR count). The van der Waals surface area contributed by atoms with Crippen LogP contribution in [0, 0.1) is 0 Å². The molecule has 1 N–H and O–H groups in total. The molecule has 0 aliphatic heterocycles. The van der Waals surface area contributed by atoms with Crippen LogP contribution in [0.25, 0.3) is 0 Å². The number of nitrogens with zero attached hydrogens (tertiary/aromatic N) is 1. The van der Waals surface area contributed by atoms with E-state index in [9.17, 15) is 9.59 Å². The molecule has 0 fully saturated rings. The van der Waals surface area contributed by atoms with E-state index in [2.05, 4.69) is 21.2 Å². The van der Waals surface area contributed by atoms with Crippen molar-refractivity contribution < 1.29 is 14.3 Å². The number of nitrogens with one attached hydrogen (secondary N) is 1. The Morgan fingerprint density at radius 2 is 1.81 bits per heavy atom. The summed E-state index contributed by atoms with van der Waals surface area (Å²) in [4.78, 5) is 25.3. The predicted octanol–water partition coefficient (Wildman–Crippen LogP) is 4.79. The summed E-state index contributed by atoms with van der Waals surface area (Å²) in [7, 11) is 3.47. The lowest BCUT2D eigenvalue weighted by atomic mass is 10.1. The number of hydrogen-bond donors (Lipinski definition) is 1. The number of anilines is 1. The number of ether oxygens (including phenoxy) is 1. The first-order valence-electron chi connectivity index (χ1n) is 8.12. The van der Waals surface area contributed by atoms with Gasteiger partial charge in [-0.1, -0.05) is 35.3 Å². The van der Waals surface area contributed by atoms with Gasteiger partial charge >= 0.3 is 0 Å². The highest BCUT2D eigenvalue weighted by molar-refractivity contribution is 9.10. The van der Waals surface area contributed by atoms with Gasteiger partial charge in [-0.3, -0.25) is 9.59 Å². The van der Waals surface area contributed by atoms with Gasteiger partial charge in [0, 0.05) is 31.2 Å². The van der Waals surface area contributed by atoms with Crippen molar-refractivity contribution in [1.29, 1.82) is 0 Å². The van der Waals surface area contributed by atoms with Crippen molar-refractivity contribution in [3.8, 4) is 5.75 Å². The molecule has 0 heterocycles. The van der Waals surface area contributed by atoms with Crippen molar-refractivity contribution in [1.82, 2.24) is 4.90 Å². The fourth-order valence-corrected chi connectivity index (χ4v) is 3.60. The molecule has 27 heavy (non-hydrogen) atoms. The number of aryl methyl sites for hydroxylation is 1. The monoisotopic (exact) mass is 472 g/mol. The largest absolute Gasteiger partial charge is 0.481 e. The van der Waals surface area contributed by atoms with E-state index in [1.54, 1.807) is 43.3 Å². The third kappa shape index (κ3) is 6.72. The molecule has 5 nitrogen and oxygen atoms in total. The first kappa shape index (κ1) is 21.5. The van der Waals surface area contributed by atoms with Gasteiger partial charge in [0.05, 0.1) is 9.50 Å². The Balaban J connectivity index is 1.86. The molecule has 0 saturated heterocycles. The maximum atomic E-state index is 12.1. The first-order chi connectivity index (χ1) is 12.8. The molecule has 0 spiro atoms. The summed E-state index contributed by atoms with van der Waals surface area (Å²) in [5, 5.41) is 3.54. The van der Waals surface area contributed by atoms with E-state index in [4.69, 9.17) is 27.9 Å². The third-order valence-corrected chi connectivity index (χ3v) is 4.76. The molecule has 0 aliphatic rings. The second-order valence-electron chi connectivity index (χ2n) is 6.02. The van der Waals surface area contributed by atoms with E-state index in [0.717, 1.165) is 5.56 Å². The summed E-state index contributed by atoms with van der Waals surface area (Å²) in [6, 6.07) is 10.5. The summed E-state index contributed by atoms with van der Waals surface area (Å²) in [6.07, 6.45) is 1.10. The van der Waals surface area contributed by atoms with Crippen LogP contribution >= 0.6 is 39.1 Å². The van der Waals surface area contributed by atoms with E-state index in [-0.39, 0.29) is 18.4 Å². The molecule has 0 aromatic heterocycles. The molecule has 0 saturated carbocycles. The van der Waals surface area contributed by atoms with Gasteiger partial charge in [0.15, 0.2) is 12.4 Å². The van der Waals surface area contributed by atoms with Crippen molar-refractivity contribution in [3.63, 3.8) is 0 Å². The highest BCUT2D eigenvalue weighted by Crippen LogP contribution is 2.36. The number of carbonyl (C=O) groups excluding carboxylic acids is 2. The zero-order valence-electron chi connectivity index (χ0n) is 14.9. The highest BCUT2D eigenvalue weighted by atomic mass is 79.9. The van der Waals surface area contributed by atoms with Gasteiger partial charge in [0.1, 0.15) is 0 Å². The smallest absolute Gasteiger partial charge is 0.262 e. The lowest BCUT2D eigenvalue weighted by molar-refractivity contribution is -0.128. The minimum absolute atomic E-state index is 0.0801. The summed E-state index contributed by atoms with van der Waals surface area (Å²) in [5.41, 5.74) is 1.67. The molecular weight excluding hydrogens is 455 g/mol. The summed E-state index contributed by atoms with van der Waals surface area (Å²) in [5.74, 6) is 0.122. The number of carbonyl (C=O) groups is 2. The fraction of sp³-hybridized carbons (Fsp3) is 0.263. The van der Waals surface area contributed by atoms with Crippen LogP contribution in [0.15, 0.2) is 40.9 Å². The second-order valence-corrected chi connectivity index (χ2v) is 7.72. The van der Waals surface area contributed by atoms with Gasteiger partial charge in [-0.05, 0) is 52.2 Å². The van der Waals surface area contributed by atoms with Crippen LogP contribution in [-0.2, 0) is 16.0 Å². The first-order valence-corrected chi connectivity index (χ1v) is 9.67. The highest BCUT2D eigenvalue weighted by Gasteiger charge is 2.11. The van der Waals surface area contributed by atoms with Crippen LogP contribution in [0.4, 0.5) is 5.69 Å². The number of hydrogen-bond acceptors (Lipinski definition) is 3. The SMILES string of the molecule is CN(C)C(=O)CCc1ccc(NC(=O)COc2c(Cl)cc(Cl)cc2Br)cc1. The van der Waals surface area contributed by atoms with Gasteiger partial charge in [-0.25, -0.2) is 0 Å². The van der Waals surface area contributed by atoms with Gasteiger partial charge in [0.25, 0.3) is 5.91 Å². The Kier molecular flexibility index (Phi) is 7.95. The van der Waals surface area contributed by atoms with E-state index < -0.39 is 0 Å². The van der Waals surface area contributed by atoms with E-state index >= 15 is 0 Å². The summed E-state index contributed by atoms with van der Waals surface area (Å²) in [6.45, 7) is -0.195. The number of benzene rings is 2. The molecule has 2 aromatic rings. The average molecular weight is 474 g/mol. The quantitative estimate of drug-likeness (QED) is 0.628. The zero-order chi connectivity index (χ0) is 20.0. The summed E-state index contributed by atoms with van der Waals surface area (Å²) < 4.78 is 6.05. The third-order valence-electron chi connectivity index (χ3n) is 3.67. The van der Waals surface area contributed by atoms with Crippen LogP contribution in [0.2, 0.25) is 10.0 Å². The van der Waals surface area contributed by atoms with Crippen molar-refractivity contribution in [3.05, 3.63) is 56.5 Å². The van der Waals surface area contributed by atoms with Crippen molar-refractivity contribution >= 4 is 56.6 Å². The van der Waals surface area contributed by atoms with Gasteiger partial charge in [0.2, 0.25) is 5.91 Å². The predicted molar refractivity (Wildman–Crippen MR) is 112 cm³/mol. The van der Waals surface area contributed by atoms with Gasteiger partial charge in [-0.2, -0.15) is 0 Å². The molecule has 0 radical (unpaired) electrons. The number of rotatable bonds is 7. The topological polar surface area (TPSA) is 58.6 Å². The second kappa shape index (κ2) is 9.97. The maximum absolute atomic E-state index is 12.1. The lowest BCUT2D eigenvalue weighted by Crippen LogP contribution is -2.21. The maximum Gasteiger partial charge on any atom is 0.262 e. The van der Waals surface area contributed by atoms with Gasteiger partial charge < -0.3 is 15.0 Å². The van der Waals surface area contributed by atoms with E-state index in [1.807, 2.05) is 12.1 Å². The molecule has 144 valence electrons. The Morgan fingerprint density at radius 1 is 1.15 bits per heavy atom. The van der Waals surface area contributed by atoms with Crippen molar-refractivity contribution in [2.45, 2.75) is 12.8 Å². The normalized spacial score (nSPS) is 10.4. The Labute approximate surface area is 176 Å².